The van der Waals surface area contributed by atoms with Gasteiger partial charge in [0.15, 0.2) is 0 Å². The summed E-state index contributed by atoms with van der Waals surface area (Å²) in [6.07, 6.45) is 2.43. The van der Waals surface area contributed by atoms with Gasteiger partial charge in [-0.1, -0.05) is 13.3 Å². The largest absolute Gasteiger partial charge is 0.313 e. The lowest BCUT2D eigenvalue weighted by Crippen LogP contribution is -2.20. The molecule has 0 aliphatic heterocycles. The zero-order valence-corrected chi connectivity index (χ0v) is 12.5. The van der Waals surface area contributed by atoms with Crippen LogP contribution in [0.15, 0.2) is 0 Å². The number of hydrogen-bond donors (Lipinski definition) is 1. The van der Waals surface area contributed by atoms with Crippen molar-refractivity contribution in [3.8, 4) is 0 Å². The molecule has 0 aliphatic carbocycles. The molecule has 0 heterocycles. The molecule has 0 aliphatic rings. The lowest BCUT2D eigenvalue weighted by Gasteiger charge is -2.25. The van der Waals surface area contributed by atoms with E-state index < -0.39 is 0 Å². The SMILES string of the molecule is CCCC(NC)c1c(C)c(C)c(C)c(C)c1C. The topological polar surface area (TPSA) is 12.0 Å². The maximum Gasteiger partial charge on any atom is 0.0322 e. The molecule has 0 radical (unpaired) electrons. The van der Waals surface area contributed by atoms with E-state index in [1.54, 1.807) is 0 Å². The molecule has 1 N–H and O–H groups in total. The maximum atomic E-state index is 3.47. The van der Waals surface area contributed by atoms with Gasteiger partial charge in [-0.2, -0.15) is 0 Å². The van der Waals surface area contributed by atoms with Gasteiger partial charge in [0.05, 0.1) is 0 Å². The van der Waals surface area contributed by atoms with Gasteiger partial charge in [0.2, 0.25) is 0 Å². The van der Waals surface area contributed by atoms with E-state index in [0.717, 1.165) is 0 Å². The van der Waals surface area contributed by atoms with Gasteiger partial charge in [-0.3, -0.25) is 0 Å². The molecule has 1 unspecified atom stereocenters. The third-order valence-corrected chi connectivity index (χ3v) is 4.33. The first-order valence-corrected chi connectivity index (χ1v) is 6.69. The third-order valence-electron chi connectivity index (χ3n) is 4.33. The number of rotatable bonds is 4. The Bertz CT molecular complexity index is 375. The molecule has 0 spiro atoms. The number of nitrogens with one attached hydrogen (secondary N) is 1. The summed E-state index contributed by atoms with van der Waals surface area (Å²) in [5.41, 5.74) is 8.83. The van der Waals surface area contributed by atoms with Gasteiger partial charge in [0.25, 0.3) is 0 Å². The van der Waals surface area contributed by atoms with Crippen molar-refractivity contribution in [2.45, 2.75) is 60.4 Å². The normalized spacial score (nSPS) is 12.9. The maximum absolute atomic E-state index is 3.47. The summed E-state index contributed by atoms with van der Waals surface area (Å²) in [6.45, 7) is 13.5. The van der Waals surface area contributed by atoms with Crippen LogP contribution >= 0.6 is 0 Å². The Labute approximate surface area is 107 Å². The summed E-state index contributed by atoms with van der Waals surface area (Å²) in [6, 6.07) is 0.498. The summed E-state index contributed by atoms with van der Waals surface area (Å²) in [4.78, 5) is 0. The van der Waals surface area contributed by atoms with Crippen LogP contribution < -0.4 is 5.32 Å². The van der Waals surface area contributed by atoms with Crippen LogP contribution in [0.1, 0.15) is 59.2 Å². The molecule has 0 aromatic heterocycles. The summed E-state index contributed by atoms with van der Waals surface area (Å²) < 4.78 is 0. The van der Waals surface area contributed by atoms with Crippen molar-refractivity contribution in [1.82, 2.24) is 5.32 Å². The first-order chi connectivity index (χ1) is 7.95. The highest BCUT2D eigenvalue weighted by Gasteiger charge is 2.18. The fourth-order valence-corrected chi connectivity index (χ4v) is 2.77. The molecule has 17 heavy (non-hydrogen) atoms. The smallest absolute Gasteiger partial charge is 0.0322 e. The molecule has 1 aromatic carbocycles. The minimum Gasteiger partial charge on any atom is -0.313 e. The quantitative estimate of drug-likeness (QED) is 0.818. The molecule has 1 aromatic rings. The van der Waals surface area contributed by atoms with Crippen LogP contribution in [-0.4, -0.2) is 7.05 Å². The Morgan fingerprint density at radius 3 is 1.59 bits per heavy atom. The lowest BCUT2D eigenvalue weighted by molar-refractivity contribution is 0.535. The molecule has 1 nitrogen and oxygen atoms in total. The van der Waals surface area contributed by atoms with Gasteiger partial charge in [-0.25, -0.2) is 0 Å². The van der Waals surface area contributed by atoms with Crippen LogP contribution in [0.5, 0.6) is 0 Å². The van der Waals surface area contributed by atoms with Crippen molar-refractivity contribution in [3.63, 3.8) is 0 Å². The number of benzene rings is 1. The van der Waals surface area contributed by atoms with Crippen LogP contribution in [0.4, 0.5) is 0 Å². The lowest BCUT2D eigenvalue weighted by atomic mass is 9.85. The fraction of sp³-hybridized carbons (Fsp3) is 0.625. The first kappa shape index (κ1) is 14.2. The van der Waals surface area contributed by atoms with Gasteiger partial charge in [-0.05, 0) is 81.5 Å². The minimum absolute atomic E-state index is 0.498. The predicted octanol–water partition coefficient (Wildman–Crippen LogP) is 4.29. The Kier molecular flexibility index (Phi) is 4.76. The van der Waals surface area contributed by atoms with Crippen molar-refractivity contribution < 1.29 is 0 Å². The zero-order chi connectivity index (χ0) is 13.2. The van der Waals surface area contributed by atoms with Crippen molar-refractivity contribution in [2.75, 3.05) is 7.05 Å². The molecule has 0 saturated heterocycles. The highest BCUT2D eigenvalue weighted by atomic mass is 14.9. The molecule has 96 valence electrons. The summed E-state index contributed by atoms with van der Waals surface area (Å²) in [5.74, 6) is 0. The average molecular weight is 233 g/mol. The molecule has 0 saturated carbocycles. The van der Waals surface area contributed by atoms with E-state index in [0.29, 0.717) is 6.04 Å². The first-order valence-electron chi connectivity index (χ1n) is 6.69. The number of hydrogen-bond acceptors (Lipinski definition) is 1. The molecule has 1 atom stereocenters. The van der Waals surface area contributed by atoms with Crippen molar-refractivity contribution in [2.24, 2.45) is 0 Å². The van der Waals surface area contributed by atoms with E-state index in [1.165, 1.54) is 46.2 Å². The predicted molar refractivity (Wildman–Crippen MR) is 76.8 cm³/mol. The zero-order valence-electron chi connectivity index (χ0n) is 12.5. The van der Waals surface area contributed by atoms with Gasteiger partial charge in [0.1, 0.15) is 0 Å². The van der Waals surface area contributed by atoms with E-state index in [2.05, 4.69) is 53.9 Å². The van der Waals surface area contributed by atoms with Gasteiger partial charge in [0, 0.05) is 6.04 Å². The molecular weight excluding hydrogens is 206 g/mol. The van der Waals surface area contributed by atoms with E-state index in [1.807, 2.05) is 0 Å². The molecule has 0 fully saturated rings. The Balaban J connectivity index is 3.41. The van der Waals surface area contributed by atoms with Crippen molar-refractivity contribution >= 4 is 0 Å². The molecule has 1 heteroatoms. The van der Waals surface area contributed by atoms with Crippen molar-refractivity contribution in [3.05, 3.63) is 33.4 Å². The monoisotopic (exact) mass is 233 g/mol. The Morgan fingerprint density at radius 2 is 1.24 bits per heavy atom. The van der Waals surface area contributed by atoms with Crippen molar-refractivity contribution in [1.29, 1.82) is 0 Å². The highest BCUT2D eigenvalue weighted by molar-refractivity contribution is 5.50. The Hall–Kier alpha value is -0.820. The van der Waals surface area contributed by atoms with Crippen LogP contribution in [0, 0.1) is 34.6 Å². The van der Waals surface area contributed by atoms with E-state index in [-0.39, 0.29) is 0 Å². The minimum atomic E-state index is 0.498. The molecule has 0 amide bonds. The second-order valence-electron chi connectivity index (χ2n) is 5.17. The van der Waals surface area contributed by atoms with Gasteiger partial charge in [-0.15, -0.1) is 0 Å². The second kappa shape index (κ2) is 5.68. The van der Waals surface area contributed by atoms with Crippen LogP contribution in [0.25, 0.3) is 0 Å². The standard InChI is InChI=1S/C16H27N/c1-8-9-15(17-7)16-13(5)11(3)10(2)12(4)14(16)6/h15,17H,8-9H2,1-7H3. The third kappa shape index (κ3) is 2.55. The summed E-state index contributed by atoms with van der Waals surface area (Å²) >= 11 is 0. The van der Waals surface area contributed by atoms with Gasteiger partial charge < -0.3 is 5.32 Å². The highest BCUT2D eigenvalue weighted by Crippen LogP contribution is 2.32. The van der Waals surface area contributed by atoms with E-state index >= 15 is 0 Å². The average Bonchev–Trinajstić information content (AvgIpc) is 2.33. The van der Waals surface area contributed by atoms with E-state index in [4.69, 9.17) is 0 Å². The Morgan fingerprint density at radius 1 is 0.824 bits per heavy atom. The van der Waals surface area contributed by atoms with Crippen LogP contribution in [0.2, 0.25) is 0 Å². The molecule has 0 bridgehead atoms. The molecular formula is C16H27N. The van der Waals surface area contributed by atoms with Gasteiger partial charge >= 0.3 is 0 Å². The summed E-state index contributed by atoms with van der Waals surface area (Å²) in [5, 5.41) is 3.47. The summed E-state index contributed by atoms with van der Waals surface area (Å²) in [7, 11) is 2.07. The second-order valence-corrected chi connectivity index (χ2v) is 5.17. The van der Waals surface area contributed by atoms with Crippen LogP contribution in [-0.2, 0) is 0 Å². The molecule has 1 rings (SSSR count). The van der Waals surface area contributed by atoms with E-state index in [9.17, 15) is 0 Å². The fourth-order valence-electron chi connectivity index (χ4n) is 2.77. The van der Waals surface area contributed by atoms with Crippen LogP contribution in [0.3, 0.4) is 0 Å².